The standard InChI is InChI=1S/C21H22N4O3S2/c1-11-4-7-13-15(9-11)30-21-17(13)20(22-18(23-21)12-5-6-12)29-10-16(26)24-25-19(27)14-3-2-8-28-14/h2-3,8,11-12H,4-7,9-10H2,1H3,(H,24,26)(H,25,27)/t11-/m1/s1. The molecule has 3 aromatic heterocycles. The topological polar surface area (TPSA) is 97.1 Å². The van der Waals surface area contributed by atoms with Crippen LogP contribution in [0.4, 0.5) is 0 Å². The summed E-state index contributed by atoms with van der Waals surface area (Å²) in [5, 5.41) is 2.02. The predicted octanol–water partition coefficient (Wildman–Crippen LogP) is 3.84. The fourth-order valence-electron chi connectivity index (χ4n) is 3.72. The second-order valence-electron chi connectivity index (χ2n) is 7.96. The van der Waals surface area contributed by atoms with Gasteiger partial charge in [0.25, 0.3) is 0 Å². The van der Waals surface area contributed by atoms with E-state index in [1.165, 1.54) is 41.0 Å². The van der Waals surface area contributed by atoms with E-state index in [9.17, 15) is 9.59 Å². The maximum Gasteiger partial charge on any atom is 0.305 e. The Morgan fingerprint density at radius 2 is 2.13 bits per heavy atom. The fraction of sp³-hybridized carbons (Fsp3) is 0.429. The number of carbonyl (C=O) groups is 2. The zero-order valence-corrected chi connectivity index (χ0v) is 18.2. The van der Waals surface area contributed by atoms with Crippen molar-refractivity contribution >= 4 is 45.1 Å². The van der Waals surface area contributed by atoms with E-state index in [0.29, 0.717) is 11.8 Å². The number of rotatable bonds is 5. The van der Waals surface area contributed by atoms with Gasteiger partial charge >= 0.3 is 5.91 Å². The highest BCUT2D eigenvalue weighted by Gasteiger charge is 2.30. The molecule has 156 valence electrons. The van der Waals surface area contributed by atoms with E-state index < -0.39 is 5.91 Å². The summed E-state index contributed by atoms with van der Waals surface area (Å²) in [5.41, 5.74) is 6.18. The van der Waals surface area contributed by atoms with Crippen LogP contribution in [0.25, 0.3) is 10.2 Å². The van der Waals surface area contributed by atoms with Crippen LogP contribution in [-0.4, -0.2) is 27.5 Å². The van der Waals surface area contributed by atoms with E-state index >= 15 is 0 Å². The normalized spacial score (nSPS) is 18.2. The zero-order valence-electron chi connectivity index (χ0n) is 16.6. The predicted molar refractivity (Wildman–Crippen MR) is 116 cm³/mol. The number of fused-ring (bicyclic) bond motifs is 3. The molecule has 3 aromatic rings. The smallest absolute Gasteiger partial charge is 0.305 e. The van der Waals surface area contributed by atoms with Crippen molar-refractivity contribution in [1.82, 2.24) is 20.8 Å². The summed E-state index contributed by atoms with van der Waals surface area (Å²) in [6, 6.07) is 3.15. The molecule has 2 aliphatic rings. The molecule has 9 heteroatoms. The molecule has 0 aromatic carbocycles. The number of thioether (sulfide) groups is 1. The van der Waals surface area contributed by atoms with Crippen LogP contribution in [0.1, 0.15) is 58.9 Å². The minimum atomic E-state index is -0.486. The summed E-state index contributed by atoms with van der Waals surface area (Å²) in [4.78, 5) is 36.4. The number of aromatic nitrogens is 2. The highest BCUT2D eigenvalue weighted by atomic mass is 32.2. The van der Waals surface area contributed by atoms with Gasteiger partial charge in [-0.3, -0.25) is 20.4 Å². The SMILES string of the molecule is C[C@@H]1CCc2c(sc3nc(C4CC4)nc(SCC(=O)NNC(=O)c4ccco4)c23)C1. The quantitative estimate of drug-likeness (QED) is 0.354. The van der Waals surface area contributed by atoms with E-state index in [0.717, 1.165) is 46.8 Å². The minimum absolute atomic E-state index is 0.147. The number of amides is 2. The highest BCUT2D eigenvalue weighted by molar-refractivity contribution is 8.00. The van der Waals surface area contributed by atoms with Gasteiger partial charge in [-0.2, -0.15) is 0 Å². The van der Waals surface area contributed by atoms with Crippen molar-refractivity contribution < 1.29 is 14.0 Å². The Morgan fingerprint density at radius 1 is 1.27 bits per heavy atom. The first kappa shape index (κ1) is 19.6. The van der Waals surface area contributed by atoms with Gasteiger partial charge in [0.1, 0.15) is 15.7 Å². The Morgan fingerprint density at radius 3 is 2.90 bits per heavy atom. The lowest BCUT2D eigenvalue weighted by Crippen LogP contribution is -2.42. The van der Waals surface area contributed by atoms with Gasteiger partial charge in [-0.25, -0.2) is 9.97 Å². The summed E-state index contributed by atoms with van der Waals surface area (Å²) in [6.45, 7) is 2.30. The number of furan rings is 1. The molecule has 2 aliphatic carbocycles. The Balaban J connectivity index is 1.33. The highest BCUT2D eigenvalue weighted by Crippen LogP contribution is 2.44. The van der Waals surface area contributed by atoms with E-state index in [2.05, 4.69) is 17.8 Å². The van der Waals surface area contributed by atoms with E-state index in [-0.39, 0.29) is 17.4 Å². The van der Waals surface area contributed by atoms with Gasteiger partial charge < -0.3 is 4.42 Å². The lowest BCUT2D eigenvalue weighted by Gasteiger charge is -2.18. The summed E-state index contributed by atoms with van der Waals surface area (Å²) in [7, 11) is 0. The number of hydrazine groups is 1. The molecule has 1 fully saturated rings. The number of nitrogens with zero attached hydrogens (tertiary/aromatic N) is 2. The van der Waals surface area contributed by atoms with Gasteiger partial charge in [-0.05, 0) is 55.7 Å². The van der Waals surface area contributed by atoms with Crippen molar-refractivity contribution in [1.29, 1.82) is 0 Å². The number of hydrogen-bond donors (Lipinski definition) is 2. The van der Waals surface area contributed by atoms with Gasteiger partial charge in [0.2, 0.25) is 5.91 Å². The van der Waals surface area contributed by atoms with Crippen molar-refractivity contribution in [2.45, 2.75) is 50.0 Å². The molecule has 0 saturated heterocycles. The Labute approximate surface area is 182 Å². The maximum absolute atomic E-state index is 12.3. The number of nitrogens with one attached hydrogen (secondary N) is 2. The molecule has 0 unspecified atom stereocenters. The van der Waals surface area contributed by atoms with Crippen LogP contribution < -0.4 is 10.9 Å². The first-order valence-electron chi connectivity index (χ1n) is 10.2. The number of thiophene rings is 1. The molecule has 2 N–H and O–H groups in total. The van der Waals surface area contributed by atoms with Crippen molar-refractivity contribution in [3.05, 3.63) is 40.4 Å². The molecule has 3 heterocycles. The molecule has 1 atom stereocenters. The molecule has 30 heavy (non-hydrogen) atoms. The van der Waals surface area contributed by atoms with Gasteiger partial charge in [0, 0.05) is 16.2 Å². The molecule has 0 bridgehead atoms. The molecule has 0 radical (unpaired) electrons. The largest absolute Gasteiger partial charge is 0.459 e. The van der Waals surface area contributed by atoms with Gasteiger partial charge in [0.15, 0.2) is 5.76 Å². The Hall–Kier alpha value is -2.39. The first-order valence-corrected chi connectivity index (χ1v) is 12.0. The average Bonchev–Trinajstić information content (AvgIpc) is 3.31. The monoisotopic (exact) mass is 442 g/mol. The second kappa shape index (κ2) is 8.03. The molecule has 0 spiro atoms. The van der Waals surface area contributed by atoms with Crippen LogP contribution >= 0.6 is 23.1 Å². The average molecular weight is 443 g/mol. The molecule has 1 saturated carbocycles. The van der Waals surface area contributed by atoms with Gasteiger partial charge in [-0.1, -0.05) is 18.7 Å². The van der Waals surface area contributed by atoms with Crippen LogP contribution in [0, 0.1) is 5.92 Å². The lowest BCUT2D eigenvalue weighted by molar-refractivity contribution is -0.119. The zero-order chi connectivity index (χ0) is 20.7. The molecular weight excluding hydrogens is 420 g/mol. The van der Waals surface area contributed by atoms with Crippen molar-refractivity contribution in [3.63, 3.8) is 0 Å². The van der Waals surface area contributed by atoms with Gasteiger partial charge in [-0.15, -0.1) is 11.3 Å². The van der Waals surface area contributed by atoms with Crippen molar-refractivity contribution in [3.8, 4) is 0 Å². The Kier molecular flexibility index (Phi) is 5.24. The number of carbonyl (C=O) groups excluding carboxylic acids is 2. The molecule has 5 rings (SSSR count). The van der Waals surface area contributed by atoms with Crippen LogP contribution in [0.2, 0.25) is 0 Å². The third kappa shape index (κ3) is 3.96. The summed E-state index contributed by atoms with van der Waals surface area (Å²) in [6.07, 6.45) is 6.99. The second-order valence-corrected chi connectivity index (χ2v) is 10.0. The van der Waals surface area contributed by atoms with Gasteiger partial charge in [0.05, 0.1) is 12.0 Å². The Bertz CT molecular complexity index is 1110. The van der Waals surface area contributed by atoms with Crippen LogP contribution in [0.15, 0.2) is 27.8 Å². The first-order chi connectivity index (χ1) is 14.6. The van der Waals surface area contributed by atoms with E-state index in [4.69, 9.17) is 14.4 Å². The third-order valence-electron chi connectivity index (χ3n) is 5.48. The molecule has 2 amide bonds. The number of hydrogen-bond acceptors (Lipinski definition) is 7. The summed E-state index contributed by atoms with van der Waals surface area (Å²) < 4.78 is 5.01. The molecule has 0 aliphatic heterocycles. The van der Waals surface area contributed by atoms with Crippen molar-refractivity contribution in [2.24, 2.45) is 5.92 Å². The van der Waals surface area contributed by atoms with Crippen LogP contribution in [-0.2, 0) is 17.6 Å². The van der Waals surface area contributed by atoms with Crippen LogP contribution in [0.3, 0.4) is 0 Å². The number of aryl methyl sites for hydroxylation is 1. The van der Waals surface area contributed by atoms with Crippen molar-refractivity contribution in [2.75, 3.05) is 5.75 Å². The fourth-order valence-corrected chi connectivity index (χ4v) is 6.04. The molecular formula is C21H22N4O3S2. The van der Waals surface area contributed by atoms with Crippen LogP contribution in [0.5, 0.6) is 0 Å². The maximum atomic E-state index is 12.3. The summed E-state index contributed by atoms with van der Waals surface area (Å²) >= 11 is 3.21. The van der Waals surface area contributed by atoms with E-state index in [1.807, 2.05) is 0 Å². The third-order valence-corrected chi connectivity index (χ3v) is 7.61. The summed E-state index contributed by atoms with van der Waals surface area (Å²) in [5.74, 6) is 1.58. The minimum Gasteiger partial charge on any atom is -0.459 e. The van der Waals surface area contributed by atoms with E-state index in [1.54, 1.807) is 17.4 Å². The molecule has 7 nitrogen and oxygen atoms in total. The lowest BCUT2D eigenvalue weighted by atomic mass is 9.89.